The Labute approximate surface area is 163 Å². The lowest BCUT2D eigenvalue weighted by atomic mass is 10.2. The number of amides is 1. The highest BCUT2D eigenvalue weighted by molar-refractivity contribution is 5.91. The van der Waals surface area contributed by atoms with Gasteiger partial charge in [-0.05, 0) is 18.2 Å². The first-order valence-corrected chi connectivity index (χ1v) is 8.75. The number of piperazine rings is 1. The minimum Gasteiger partial charge on any atom is -0.503 e. The molecule has 0 unspecified atom stereocenters. The van der Waals surface area contributed by atoms with Gasteiger partial charge in [0.1, 0.15) is 0 Å². The fraction of sp³-hybridized carbons (Fsp3) is 0.211. The lowest BCUT2D eigenvalue weighted by molar-refractivity contribution is 0.0731. The van der Waals surface area contributed by atoms with E-state index in [2.05, 4.69) is 15.0 Å². The van der Waals surface area contributed by atoms with Crippen LogP contribution in [0.2, 0.25) is 0 Å². The predicted molar refractivity (Wildman–Crippen MR) is 95.8 cm³/mol. The zero-order valence-electron chi connectivity index (χ0n) is 15.0. The van der Waals surface area contributed by atoms with Gasteiger partial charge in [0.05, 0.1) is 5.56 Å². The number of rotatable bonds is 3. The number of para-hydroxylation sites is 1. The summed E-state index contributed by atoms with van der Waals surface area (Å²) in [5.74, 6) is -7.56. The van der Waals surface area contributed by atoms with Crippen LogP contribution in [0.4, 0.5) is 18.9 Å². The molecule has 10 heteroatoms. The number of aromatic nitrogens is 2. The Balaban J connectivity index is 1.49. The number of hydrogen-bond acceptors (Lipinski definition) is 6. The highest BCUT2D eigenvalue weighted by Crippen LogP contribution is 2.31. The number of phenolic OH excluding ortho intramolecular Hbond substituents is 1. The SMILES string of the molecule is O=C(c1noc(-c2cc(F)c(F)c(O)c2F)n1)N1CCN(c2ccccc2)CC1. The van der Waals surface area contributed by atoms with E-state index in [9.17, 15) is 23.1 Å². The smallest absolute Gasteiger partial charge is 0.295 e. The van der Waals surface area contributed by atoms with E-state index >= 15 is 0 Å². The first-order valence-electron chi connectivity index (χ1n) is 8.75. The summed E-state index contributed by atoms with van der Waals surface area (Å²) in [5, 5.41) is 12.8. The summed E-state index contributed by atoms with van der Waals surface area (Å²) >= 11 is 0. The van der Waals surface area contributed by atoms with E-state index in [4.69, 9.17) is 4.52 Å². The zero-order valence-corrected chi connectivity index (χ0v) is 15.0. The molecule has 2 heterocycles. The third kappa shape index (κ3) is 3.48. The average molecular weight is 404 g/mol. The van der Waals surface area contributed by atoms with Crippen molar-refractivity contribution >= 4 is 11.6 Å². The van der Waals surface area contributed by atoms with Crippen LogP contribution < -0.4 is 4.90 Å². The number of phenols is 1. The van der Waals surface area contributed by atoms with Gasteiger partial charge in [0, 0.05) is 31.9 Å². The molecular weight excluding hydrogens is 389 g/mol. The van der Waals surface area contributed by atoms with Gasteiger partial charge in [-0.25, -0.2) is 8.78 Å². The number of anilines is 1. The lowest BCUT2D eigenvalue weighted by Crippen LogP contribution is -2.49. The molecule has 0 aliphatic carbocycles. The molecule has 1 N–H and O–H groups in total. The molecule has 1 aliphatic heterocycles. The molecule has 150 valence electrons. The van der Waals surface area contributed by atoms with Crippen molar-refractivity contribution in [1.82, 2.24) is 15.0 Å². The summed E-state index contributed by atoms with van der Waals surface area (Å²) in [6, 6.07) is 10.2. The molecule has 29 heavy (non-hydrogen) atoms. The van der Waals surface area contributed by atoms with E-state index in [0.29, 0.717) is 32.2 Å². The molecule has 7 nitrogen and oxygen atoms in total. The molecule has 0 bridgehead atoms. The number of benzene rings is 2. The summed E-state index contributed by atoms with van der Waals surface area (Å²) in [5.41, 5.74) is 0.414. The summed E-state index contributed by atoms with van der Waals surface area (Å²) < 4.78 is 45.5. The van der Waals surface area contributed by atoms with Crippen LogP contribution in [0.3, 0.4) is 0 Å². The molecule has 1 amide bonds. The lowest BCUT2D eigenvalue weighted by Gasteiger charge is -2.35. The number of halogens is 3. The molecule has 0 saturated carbocycles. The van der Waals surface area contributed by atoms with Crippen LogP contribution in [0.5, 0.6) is 5.75 Å². The van der Waals surface area contributed by atoms with Crippen molar-refractivity contribution in [3.05, 3.63) is 59.7 Å². The van der Waals surface area contributed by atoms with Gasteiger partial charge in [0.15, 0.2) is 17.4 Å². The minimum absolute atomic E-state index is 0.336. The van der Waals surface area contributed by atoms with Gasteiger partial charge in [0.25, 0.3) is 17.6 Å². The Morgan fingerprint density at radius 1 is 1.03 bits per heavy atom. The normalized spacial score (nSPS) is 14.3. The van der Waals surface area contributed by atoms with Gasteiger partial charge in [-0.1, -0.05) is 23.4 Å². The molecule has 0 radical (unpaired) electrons. The fourth-order valence-electron chi connectivity index (χ4n) is 3.11. The van der Waals surface area contributed by atoms with Gasteiger partial charge in [-0.15, -0.1) is 0 Å². The van der Waals surface area contributed by atoms with Gasteiger partial charge >= 0.3 is 0 Å². The Bertz CT molecular complexity index is 1050. The van der Waals surface area contributed by atoms with Crippen molar-refractivity contribution in [2.24, 2.45) is 0 Å². The minimum atomic E-state index is -1.72. The maximum absolute atomic E-state index is 14.0. The fourth-order valence-corrected chi connectivity index (χ4v) is 3.11. The van der Waals surface area contributed by atoms with Crippen LogP contribution in [0, 0.1) is 17.5 Å². The maximum atomic E-state index is 14.0. The van der Waals surface area contributed by atoms with Crippen molar-refractivity contribution < 1.29 is 27.6 Å². The van der Waals surface area contributed by atoms with Gasteiger partial charge in [-0.3, -0.25) is 4.79 Å². The standard InChI is InChI=1S/C19H15F3N4O3/c20-13-10-12(14(21)16(27)15(13)22)18-23-17(24-29-18)19(28)26-8-6-25(7-9-26)11-4-2-1-3-5-11/h1-5,10,27H,6-9H2. The first kappa shape index (κ1) is 18.8. The van der Waals surface area contributed by atoms with Crippen molar-refractivity contribution in [3.63, 3.8) is 0 Å². The van der Waals surface area contributed by atoms with Crippen molar-refractivity contribution in [2.75, 3.05) is 31.1 Å². The van der Waals surface area contributed by atoms with Gasteiger partial charge in [0.2, 0.25) is 5.82 Å². The molecule has 1 aliphatic rings. The van der Waals surface area contributed by atoms with Crippen LogP contribution in [-0.2, 0) is 0 Å². The third-order valence-electron chi connectivity index (χ3n) is 4.67. The summed E-state index contributed by atoms with van der Waals surface area (Å²) in [7, 11) is 0. The second-order valence-electron chi connectivity index (χ2n) is 6.42. The van der Waals surface area contributed by atoms with Gasteiger partial charge < -0.3 is 19.4 Å². The van der Waals surface area contributed by atoms with E-state index in [0.717, 1.165) is 5.69 Å². The van der Waals surface area contributed by atoms with E-state index < -0.39 is 40.6 Å². The molecular formula is C19H15F3N4O3. The van der Waals surface area contributed by atoms with Crippen LogP contribution in [0.1, 0.15) is 10.6 Å². The summed E-state index contributed by atoms with van der Waals surface area (Å²) in [4.78, 5) is 20.0. The first-order chi connectivity index (χ1) is 14.0. The Morgan fingerprint density at radius 3 is 2.41 bits per heavy atom. The molecule has 1 aromatic heterocycles. The van der Waals surface area contributed by atoms with Crippen molar-refractivity contribution in [1.29, 1.82) is 0 Å². The van der Waals surface area contributed by atoms with Crippen molar-refractivity contribution in [3.8, 4) is 17.2 Å². The zero-order chi connectivity index (χ0) is 20.5. The van der Waals surface area contributed by atoms with Crippen molar-refractivity contribution in [2.45, 2.75) is 0 Å². The number of hydrogen-bond donors (Lipinski definition) is 1. The van der Waals surface area contributed by atoms with E-state index in [1.165, 1.54) is 4.90 Å². The predicted octanol–water partition coefficient (Wildman–Crippen LogP) is 2.82. The molecule has 3 aromatic rings. The number of nitrogens with zero attached hydrogens (tertiary/aromatic N) is 4. The molecule has 0 atom stereocenters. The number of carbonyl (C=O) groups excluding carboxylic acids is 1. The molecule has 2 aromatic carbocycles. The highest BCUT2D eigenvalue weighted by atomic mass is 19.2. The third-order valence-corrected chi connectivity index (χ3v) is 4.67. The molecule has 1 fully saturated rings. The quantitative estimate of drug-likeness (QED) is 0.676. The van der Waals surface area contributed by atoms with E-state index in [-0.39, 0.29) is 5.82 Å². The molecule has 1 saturated heterocycles. The molecule has 4 rings (SSSR count). The Hall–Kier alpha value is -3.56. The molecule has 0 spiro atoms. The largest absolute Gasteiger partial charge is 0.503 e. The second kappa shape index (κ2) is 7.46. The maximum Gasteiger partial charge on any atom is 0.295 e. The summed E-state index contributed by atoms with van der Waals surface area (Å²) in [6.45, 7) is 2.04. The summed E-state index contributed by atoms with van der Waals surface area (Å²) in [6.07, 6.45) is 0. The second-order valence-corrected chi connectivity index (χ2v) is 6.42. The van der Waals surface area contributed by atoms with Crippen LogP contribution in [-0.4, -0.2) is 52.2 Å². The number of aromatic hydroxyl groups is 1. The van der Waals surface area contributed by atoms with Gasteiger partial charge in [-0.2, -0.15) is 9.37 Å². The van der Waals surface area contributed by atoms with Crippen LogP contribution in [0.15, 0.2) is 40.9 Å². The van der Waals surface area contributed by atoms with E-state index in [1.807, 2.05) is 30.3 Å². The van der Waals surface area contributed by atoms with Crippen LogP contribution in [0.25, 0.3) is 11.5 Å². The van der Waals surface area contributed by atoms with E-state index in [1.54, 1.807) is 0 Å². The Kier molecular flexibility index (Phi) is 4.83. The average Bonchev–Trinajstić information content (AvgIpc) is 3.25. The number of carbonyl (C=O) groups is 1. The monoisotopic (exact) mass is 404 g/mol. The topological polar surface area (TPSA) is 82.7 Å². The highest BCUT2D eigenvalue weighted by Gasteiger charge is 2.28. The van der Waals surface area contributed by atoms with Crippen LogP contribution >= 0.6 is 0 Å². The Morgan fingerprint density at radius 2 is 1.72 bits per heavy atom.